The maximum absolute atomic E-state index is 5.88. The van der Waals surface area contributed by atoms with Gasteiger partial charge in [-0.05, 0) is 41.7 Å². The fourth-order valence-electron chi connectivity index (χ4n) is 5.00. The van der Waals surface area contributed by atoms with Gasteiger partial charge in [0.2, 0.25) is 5.52 Å². The largest absolute Gasteiger partial charge is 0.464 e. The number of pyridine rings is 1. The number of aryl methyl sites for hydroxylation is 2. The van der Waals surface area contributed by atoms with E-state index in [0.29, 0.717) is 0 Å². The van der Waals surface area contributed by atoms with E-state index in [1.807, 2.05) is 12.4 Å². The number of hydrogen-bond acceptors (Lipinski definition) is 2. The van der Waals surface area contributed by atoms with Crippen molar-refractivity contribution in [3.8, 4) is 0 Å². The van der Waals surface area contributed by atoms with Crippen molar-refractivity contribution >= 4 is 60.1 Å². The minimum atomic E-state index is 0.952. The van der Waals surface area contributed by atoms with E-state index in [-0.39, 0.29) is 0 Å². The Morgan fingerprint density at radius 3 is 2.79 bits per heavy atom. The maximum atomic E-state index is 5.88. The van der Waals surface area contributed by atoms with Gasteiger partial charge in [0, 0.05) is 21.5 Å². The number of fused-ring (bicyclic) bond motifs is 7. The number of benzene rings is 3. The molecular weight excluding hydrogens is 346 g/mol. The average molecular weight is 362 g/mol. The molecule has 7 rings (SSSR count). The lowest BCUT2D eigenvalue weighted by molar-refractivity contribution is -0.647. The summed E-state index contributed by atoms with van der Waals surface area (Å²) >= 11 is 0. The molecule has 0 bridgehead atoms. The molecule has 4 nitrogen and oxygen atoms in total. The van der Waals surface area contributed by atoms with Crippen molar-refractivity contribution in [3.63, 3.8) is 0 Å². The van der Waals surface area contributed by atoms with Crippen LogP contribution in [-0.2, 0) is 7.05 Å². The summed E-state index contributed by atoms with van der Waals surface area (Å²) in [6.07, 6.45) is 3.71. The molecule has 132 valence electrons. The maximum Gasteiger partial charge on any atom is 0.287 e. The zero-order valence-electron chi connectivity index (χ0n) is 15.5. The number of aromatic nitrogens is 3. The summed E-state index contributed by atoms with van der Waals surface area (Å²) in [7, 11) is 2.08. The van der Waals surface area contributed by atoms with Gasteiger partial charge in [-0.15, -0.1) is 0 Å². The Morgan fingerprint density at radius 1 is 0.964 bits per heavy atom. The lowest BCUT2D eigenvalue weighted by Crippen LogP contribution is -2.30. The highest BCUT2D eigenvalue weighted by Gasteiger charge is 2.25. The molecule has 28 heavy (non-hydrogen) atoms. The second-order valence-electron chi connectivity index (χ2n) is 7.67. The van der Waals surface area contributed by atoms with E-state index in [1.165, 1.54) is 43.8 Å². The van der Waals surface area contributed by atoms with Crippen LogP contribution in [0.4, 0.5) is 0 Å². The summed E-state index contributed by atoms with van der Waals surface area (Å²) in [5.41, 5.74) is 8.05. The summed E-state index contributed by atoms with van der Waals surface area (Å²) in [4.78, 5) is 4.81. The van der Waals surface area contributed by atoms with E-state index in [9.17, 15) is 0 Å². The molecule has 3 aromatic carbocycles. The Hall–Kier alpha value is -3.66. The molecule has 4 heteroatoms. The van der Waals surface area contributed by atoms with Crippen LogP contribution in [0.5, 0.6) is 0 Å². The summed E-state index contributed by atoms with van der Waals surface area (Å²) in [6, 6.07) is 17.2. The molecular formula is C24H16N3O+. The van der Waals surface area contributed by atoms with Gasteiger partial charge in [-0.2, -0.15) is 0 Å². The Labute approximate surface area is 159 Å². The summed E-state index contributed by atoms with van der Waals surface area (Å²) in [5, 5.41) is 5.99. The normalized spacial score (nSPS) is 12.6. The van der Waals surface area contributed by atoms with Crippen molar-refractivity contribution in [2.24, 2.45) is 7.05 Å². The molecule has 0 saturated carbocycles. The van der Waals surface area contributed by atoms with Gasteiger partial charge in [-0.3, -0.25) is 0 Å². The van der Waals surface area contributed by atoms with Crippen molar-refractivity contribution in [2.75, 3.05) is 0 Å². The standard InChI is InChI=1S/C24H16N3O/c1-13-7-8-16-20-18(11-14-9-10-28-24(14)16)27-17-6-4-3-5-15(17)21-23(27)22(19(13)20)26(2)12-25-21/h3-12H,1-2H3/q+1. The Morgan fingerprint density at radius 2 is 1.86 bits per heavy atom. The molecule has 0 spiro atoms. The van der Waals surface area contributed by atoms with Crippen molar-refractivity contribution in [1.82, 2.24) is 9.38 Å². The van der Waals surface area contributed by atoms with Gasteiger partial charge in [-0.1, -0.05) is 24.3 Å². The van der Waals surface area contributed by atoms with E-state index >= 15 is 0 Å². The molecule has 7 aromatic rings. The van der Waals surface area contributed by atoms with Crippen molar-refractivity contribution in [3.05, 3.63) is 66.7 Å². The fraction of sp³-hybridized carbons (Fsp3) is 0.0833. The molecule has 0 atom stereocenters. The molecule has 0 unspecified atom stereocenters. The van der Waals surface area contributed by atoms with E-state index in [4.69, 9.17) is 9.40 Å². The molecule has 0 saturated heterocycles. The fourth-order valence-corrected chi connectivity index (χ4v) is 5.00. The number of furan rings is 1. The second kappa shape index (κ2) is 4.60. The minimum absolute atomic E-state index is 0.952. The molecule has 0 fully saturated rings. The number of hydrogen-bond donors (Lipinski definition) is 0. The number of para-hydroxylation sites is 1. The molecule has 0 aliphatic heterocycles. The minimum Gasteiger partial charge on any atom is -0.464 e. The van der Waals surface area contributed by atoms with Crippen molar-refractivity contribution in [1.29, 1.82) is 0 Å². The van der Waals surface area contributed by atoms with Crippen LogP contribution in [0.2, 0.25) is 0 Å². The highest BCUT2D eigenvalue weighted by molar-refractivity contribution is 6.28. The van der Waals surface area contributed by atoms with Crippen LogP contribution < -0.4 is 4.57 Å². The first-order chi connectivity index (χ1) is 13.7. The highest BCUT2D eigenvalue weighted by atomic mass is 16.3. The SMILES string of the molecule is Cc1ccc2c3occc3cc3c2c1c1c2c(nc[n+]1C)c1ccccc1n32. The van der Waals surface area contributed by atoms with Crippen LogP contribution in [0, 0.1) is 6.92 Å². The van der Waals surface area contributed by atoms with Crippen LogP contribution >= 0.6 is 0 Å². The number of rotatable bonds is 0. The first-order valence-corrected chi connectivity index (χ1v) is 9.46. The monoisotopic (exact) mass is 362 g/mol. The van der Waals surface area contributed by atoms with Gasteiger partial charge < -0.3 is 8.82 Å². The predicted molar refractivity (Wildman–Crippen MR) is 112 cm³/mol. The summed E-state index contributed by atoms with van der Waals surface area (Å²) in [6.45, 7) is 2.19. The molecule has 0 N–H and O–H groups in total. The molecule has 4 aromatic heterocycles. The third-order valence-electron chi connectivity index (χ3n) is 6.17. The Balaban J connectivity index is 2.02. The zero-order valence-corrected chi connectivity index (χ0v) is 15.5. The van der Waals surface area contributed by atoms with E-state index < -0.39 is 0 Å². The topological polar surface area (TPSA) is 34.3 Å². The van der Waals surface area contributed by atoms with E-state index in [1.54, 1.807) is 6.26 Å². The van der Waals surface area contributed by atoms with Gasteiger partial charge in [0.05, 0.1) is 29.7 Å². The summed E-state index contributed by atoms with van der Waals surface area (Å²) in [5.74, 6) is 0. The van der Waals surface area contributed by atoms with Gasteiger partial charge in [0.25, 0.3) is 6.33 Å². The van der Waals surface area contributed by atoms with Crippen LogP contribution in [0.1, 0.15) is 5.56 Å². The molecule has 0 aliphatic carbocycles. The van der Waals surface area contributed by atoms with Crippen LogP contribution in [0.15, 0.2) is 65.5 Å². The van der Waals surface area contributed by atoms with E-state index in [0.717, 1.165) is 21.9 Å². The van der Waals surface area contributed by atoms with Crippen molar-refractivity contribution < 1.29 is 8.98 Å². The van der Waals surface area contributed by atoms with Crippen molar-refractivity contribution in [2.45, 2.75) is 6.92 Å². The molecule has 0 amide bonds. The third kappa shape index (κ3) is 1.46. The second-order valence-corrected chi connectivity index (χ2v) is 7.67. The first-order valence-electron chi connectivity index (χ1n) is 9.46. The number of nitrogens with zero attached hydrogens (tertiary/aromatic N) is 3. The lowest BCUT2D eigenvalue weighted by atomic mass is 9.97. The molecule has 0 radical (unpaired) electrons. The van der Waals surface area contributed by atoms with Gasteiger partial charge in [0.15, 0.2) is 5.52 Å². The van der Waals surface area contributed by atoms with Crippen LogP contribution in [0.25, 0.3) is 60.1 Å². The molecule has 0 aliphatic rings. The average Bonchev–Trinajstić information content (AvgIpc) is 3.31. The Kier molecular flexibility index (Phi) is 2.36. The highest BCUT2D eigenvalue weighted by Crippen LogP contribution is 2.41. The zero-order chi connectivity index (χ0) is 18.6. The van der Waals surface area contributed by atoms with Crippen LogP contribution in [0.3, 0.4) is 0 Å². The summed E-state index contributed by atoms with van der Waals surface area (Å²) < 4.78 is 10.4. The smallest absolute Gasteiger partial charge is 0.287 e. The Bertz CT molecular complexity index is 1730. The van der Waals surface area contributed by atoms with Crippen LogP contribution in [-0.4, -0.2) is 9.38 Å². The van der Waals surface area contributed by atoms with Gasteiger partial charge in [0.1, 0.15) is 11.1 Å². The van der Waals surface area contributed by atoms with E-state index in [2.05, 4.69) is 65.4 Å². The quantitative estimate of drug-likeness (QED) is 0.209. The lowest BCUT2D eigenvalue weighted by Gasteiger charge is -2.14. The van der Waals surface area contributed by atoms with Gasteiger partial charge >= 0.3 is 0 Å². The third-order valence-corrected chi connectivity index (χ3v) is 6.17. The van der Waals surface area contributed by atoms with Gasteiger partial charge in [-0.25, -0.2) is 4.57 Å². The first kappa shape index (κ1) is 14.4. The predicted octanol–water partition coefficient (Wildman–Crippen LogP) is 5.26. The molecule has 4 heterocycles.